The van der Waals surface area contributed by atoms with Crippen molar-refractivity contribution >= 4 is 27.7 Å². The molecule has 0 saturated heterocycles. The number of nitrogens with zero attached hydrogens (tertiary/aromatic N) is 2. The molecule has 0 fully saturated rings. The van der Waals surface area contributed by atoms with Crippen molar-refractivity contribution in [2.75, 3.05) is 12.4 Å². The van der Waals surface area contributed by atoms with Gasteiger partial charge in [0.05, 0.1) is 18.5 Å². The van der Waals surface area contributed by atoms with Gasteiger partial charge >= 0.3 is 0 Å². The van der Waals surface area contributed by atoms with Crippen LogP contribution in [0.25, 0.3) is 0 Å². The third kappa shape index (κ3) is 4.67. The second-order valence-electron chi connectivity index (χ2n) is 3.36. The average molecular weight is 288 g/mol. The summed E-state index contributed by atoms with van der Waals surface area (Å²) in [6.07, 6.45) is 4.22. The van der Waals surface area contributed by atoms with Crippen LogP contribution in [0.5, 0.6) is 0 Å². The smallest absolute Gasteiger partial charge is 0.225 e. The summed E-state index contributed by atoms with van der Waals surface area (Å²) in [5.41, 5.74) is 0. The molecule has 0 aliphatic carbocycles. The topological polar surface area (TPSA) is 64.1 Å². The van der Waals surface area contributed by atoms with Gasteiger partial charge in [0.2, 0.25) is 5.91 Å². The van der Waals surface area contributed by atoms with Crippen molar-refractivity contribution in [3.05, 3.63) is 17.0 Å². The molecular weight excluding hydrogens is 274 g/mol. The van der Waals surface area contributed by atoms with Crippen molar-refractivity contribution in [1.82, 2.24) is 9.97 Å². The molecule has 1 amide bonds. The molecule has 16 heavy (non-hydrogen) atoms. The van der Waals surface area contributed by atoms with Gasteiger partial charge in [0.25, 0.3) is 0 Å². The number of nitrogens with one attached hydrogen (secondary N) is 1. The Morgan fingerprint density at radius 2 is 2.31 bits per heavy atom. The molecule has 1 heterocycles. The van der Waals surface area contributed by atoms with Gasteiger partial charge in [-0.2, -0.15) is 0 Å². The van der Waals surface area contributed by atoms with Gasteiger partial charge in [-0.3, -0.25) is 4.79 Å². The number of amides is 1. The van der Waals surface area contributed by atoms with Gasteiger partial charge in [-0.25, -0.2) is 9.97 Å². The summed E-state index contributed by atoms with van der Waals surface area (Å²) in [6, 6.07) is 0. The highest BCUT2D eigenvalue weighted by Crippen LogP contribution is 2.07. The van der Waals surface area contributed by atoms with E-state index in [0.29, 0.717) is 23.3 Å². The maximum Gasteiger partial charge on any atom is 0.225 e. The molecule has 6 heteroatoms. The number of aromatic nitrogens is 2. The van der Waals surface area contributed by atoms with Gasteiger partial charge in [0, 0.05) is 13.5 Å². The molecule has 1 N–H and O–H groups in total. The molecule has 1 unspecified atom stereocenters. The van der Waals surface area contributed by atoms with Crippen molar-refractivity contribution in [2.24, 2.45) is 0 Å². The summed E-state index contributed by atoms with van der Waals surface area (Å²) in [5.74, 6) is 0.374. The lowest BCUT2D eigenvalue weighted by Gasteiger charge is -2.08. The third-order valence-corrected chi connectivity index (χ3v) is 2.48. The highest BCUT2D eigenvalue weighted by Gasteiger charge is 2.06. The first-order valence-electron chi connectivity index (χ1n) is 4.92. The van der Waals surface area contributed by atoms with Crippen LogP contribution in [0.3, 0.4) is 0 Å². The Morgan fingerprint density at radius 3 is 2.88 bits per heavy atom. The molecule has 1 rings (SSSR count). The molecule has 0 spiro atoms. The Kier molecular flexibility index (Phi) is 5.34. The number of anilines is 1. The number of hydrogen-bond acceptors (Lipinski definition) is 4. The lowest BCUT2D eigenvalue weighted by atomic mass is 10.2. The van der Waals surface area contributed by atoms with Crippen LogP contribution < -0.4 is 5.32 Å². The number of rotatable bonds is 5. The molecule has 0 aromatic carbocycles. The molecule has 0 radical (unpaired) electrons. The molecule has 0 bridgehead atoms. The number of carbonyl (C=O) groups is 1. The molecule has 1 aromatic rings. The quantitative estimate of drug-likeness (QED) is 0.900. The summed E-state index contributed by atoms with van der Waals surface area (Å²) in [4.78, 5) is 19.4. The summed E-state index contributed by atoms with van der Waals surface area (Å²) >= 11 is 3.17. The van der Waals surface area contributed by atoms with Crippen LogP contribution in [0.1, 0.15) is 19.8 Å². The monoisotopic (exact) mass is 287 g/mol. The minimum Gasteiger partial charge on any atom is -0.382 e. The van der Waals surface area contributed by atoms with Crippen LogP contribution in [0.4, 0.5) is 5.82 Å². The van der Waals surface area contributed by atoms with E-state index < -0.39 is 0 Å². The second-order valence-corrected chi connectivity index (χ2v) is 4.17. The summed E-state index contributed by atoms with van der Waals surface area (Å²) in [5, 5.41) is 2.66. The largest absolute Gasteiger partial charge is 0.382 e. The Bertz CT molecular complexity index is 342. The minimum absolute atomic E-state index is 0.0828. The first-order valence-corrected chi connectivity index (χ1v) is 5.71. The zero-order valence-corrected chi connectivity index (χ0v) is 10.8. The van der Waals surface area contributed by atoms with E-state index in [1.54, 1.807) is 7.11 Å². The maximum absolute atomic E-state index is 11.5. The summed E-state index contributed by atoms with van der Waals surface area (Å²) < 4.78 is 5.69. The van der Waals surface area contributed by atoms with Crippen molar-refractivity contribution in [3.8, 4) is 0 Å². The molecule has 1 aromatic heterocycles. The van der Waals surface area contributed by atoms with E-state index in [1.807, 2.05) is 6.92 Å². The second kappa shape index (κ2) is 6.55. The Morgan fingerprint density at radius 1 is 1.56 bits per heavy atom. The van der Waals surface area contributed by atoms with Crippen molar-refractivity contribution < 1.29 is 9.53 Å². The summed E-state index contributed by atoms with van der Waals surface area (Å²) in [6.45, 7) is 1.92. The number of halogens is 1. The van der Waals surface area contributed by atoms with E-state index in [2.05, 4.69) is 31.2 Å². The maximum atomic E-state index is 11.5. The van der Waals surface area contributed by atoms with Crippen molar-refractivity contribution in [3.63, 3.8) is 0 Å². The lowest BCUT2D eigenvalue weighted by Crippen LogP contribution is -2.15. The number of ether oxygens (including phenoxy) is 1. The fourth-order valence-electron chi connectivity index (χ4n) is 1.03. The average Bonchev–Trinajstić information content (AvgIpc) is 2.29. The van der Waals surface area contributed by atoms with E-state index in [1.165, 1.54) is 12.4 Å². The van der Waals surface area contributed by atoms with Crippen LogP contribution in [0, 0.1) is 0 Å². The molecule has 5 nitrogen and oxygen atoms in total. The normalized spacial score (nSPS) is 12.2. The summed E-state index contributed by atoms with van der Waals surface area (Å²) in [7, 11) is 1.63. The van der Waals surface area contributed by atoms with Crippen molar-refractivity contribution in [2.45, 2.75) is 25.9 Å². The zero-order chi connectivity index (χ0) is 12.0. The predicted molar refractivity (Wildman–Crippen MR) is 64.1 cm³/mol. The zero-order valence-electron chi connectivity index (χ0n) is 9.24. The van der Waals surface area contributed by atoms with Gasteiger partial charge in [0.15, 0.2) is 5.82 Å². The highest BCUT2D eigenvalue weighted by atomic mass is 79.9. The van der Waals surface area contributed by atoms with Crippen LogP contribution in [0.15, 0.2) is 17.0 Å². The molecule has 88 valence electrons. The first kappa shape index (κ1) is 13.1. The van der Waals surface area contributed by atoms with Gasteiger partial charge in [-0.1, -0.05) is 0 Å². The van der Waals surface area contributed by atoms with E-state index in [0.717, 1.165) is 0 Å². The SMILES string of the molecule is COC(C)CCC(=O)Nc1cnc(Br)cn1. The fraction of sp³-hybridized carbons (Fsp3) is 0.500. The molecular formula is C10H14BrN3O2. The molecule has 0 aliphatic heterocycles. The molecule has 1 atom stereocenters. The number of methoxy groups -OCH3 is 1. The van der Waals surface area contributed by atoms with E-state index in [-0.39, 0.29) is 12.0 Å². The predicted octanol–water partition coefficient (Wildman–Crippen LogP) is 1.99. The van der Waals surface area contributed by atoms with Crippen LogP contribution >= 0.6 is 15.9 Å². The van der Waals surface area contributed by atoms with Crippen molar-refractivity contribution in [1.29, 1.82) is 0 Å². The van der Waals surface area contributed by atoms with Gasteiger partial charge in [-0.05, 0) is 29.3 Å². The van der Waals surface area contributed by atoms with E-state index >= 15 is 0 Å². The van der Waals surface area contributed by atoms with Gasteiger partial charge < -0.3 is 10.1 Å². The minimum atomic E-state index is -0.0828. The third-order valence-electron chi connectivity index (χ3n) is 2.07. The highest BCUT2D eigenvalue weighted by molar-refractivity contribution is 9.10. The Balaban J connectivity index is 2.37. The standard InChI is InChI=1S/C10H14BrN3O2/c1-7(16-2)3-4-10(15)14-9-6-12-8(11)5-13-9/h5-7H,3-4H2,1-2H3,(H,13,14,15). The fourth-order valence-corrected chi connectivity index (χ4v) is 1.24. The Labute approximate surface area is 103 Å². The molecule has 0 saturated carbocycles. The first-order chi connectivity index (χ1) is 7.61. The van der Waals surface area contributed by atoms with Crippen LogP contribution in [0.2, 0.25) is 0 Å². The van der Waals surface area contributed by atoms with E-state index in [9.17, 15) is 4.79 Å². The Hall–Kier alpha value is -1.01. The van der Waals surface area contributed by atoms with E-state index in [4.69, 9.17) is 4.74 Å². The molecule has 0 aliphatic rings. The van der Waals surface area contributed by atoms with Gasteiger partial charge in [0.1, 0.15) is 4.60 Å². The van der Waals surface area contributed by atoms with Crippen LogP contribution in [-0.2, 0) is 9.53 Å². The van der Waals surface area contributed by atoms with Gasteiger partial charge in [-0.15, -0.1) is 0 Å². The van der Waals surface area contributed by atoms with Crippen LogP contribution in [-0.4, -0.2) is 29.1 Å². The number of carbonyl (C=O) groups excluding carboxylic acids is 1. The number of hydrogen-bond donors (Lipinski definition) is 1. The lowest BCUT2D eigenvalue weighted by molar-refractivity contribution is -0.116.